The first-order valence-electron chi connectivity index (χ1n) is 11.5. The molecule has 0 aliphatic carbocycles. The Balaban J connectivity index is 2.46. The monoisotopic (exact) mass is 541 g/mol. The van der Waals surface area contributed by atoms with Crippen LogP contribution in [0.1, 0.15) is 44.7 Å². The summed E-state index contributed by atoms with van der Waals surface area (Å²) in [6, 6.07) is 10.9. The third kappa shape index (κ3) is 8.12. The molecule has 0 saturated carbocycles. The number of benzene rings is 2. The number of hydrogen-bond acceptors (Lipinski definition) is 4. The van der Waals surface area contributed by atoms with Crippen LogP contribution in [0.3, 0.4) is 0 Å². The Morgan fingerprint density at radius 2 is 1.66 bits per heavy atom. The van der Waals surface area contributed by atoms with Crippen molar-refractivity contribution >= 4 is 50.7 Å². The van der Waals surface area contributed by atoms with Gasteiger partial charge in [-0.2, -0.15) is 0 Å². The standard InChI is InChI=1S/C25H33Cl2N3O4S/c1-6-18(4)28-25(32)23(7-2)29(15-19-10-11-20(26)14-22(19)27)24(31)16-30(35(5,33)34)21-12-8-17(3)9-13-21/h8-14,18,23H,6-7,15-16H2,1-5H3,(H,28,32)/t18-,23-/m0/s1. The van der Waals surface area contributed by atoms with E-state index < -0.39 is 28.5 Å². The van der Waals surface area contributed by atoms with Gasteiger partial charge in [0.25, 0.3) is 0 Å². The molecule has 0 saturated heterocycles. The molecule has 2 amide bonds. The molecule has 10 heteroatoms. The van der Waals surface area contributed by atoms with Crippen molar-refractivity contribution < 1.29 is 18.0 Å². The van der Waals surface area contributed by atoms with E-state index >= 15 is 0 Å². The van der Waals surface area contributed by atoms with E-state index in [1.54, 1.807) is 49.4 Å². The normalized spacial score (nSPS) is 13.1. The van der Waals surface area contributed by atoms with Crippen LogP contribution in [-0.4, -0.2) is 50.0 Å². The molecule has 0 aliphatic rings. The SMILES string of the molecule is CC[C@H](C)NC(=O)[C@H](CC)N(Cc1ccc(Cl)cc1Cl)C(=O)CN(c1ccc(C)cc1)S(C)(=O)=O. The van der Waals surface area contributed by atoms with Crippen molar-refractivity contribution in [2.75, 3.05) is 17.1 Å². The number of hydrogen-bond donors (Lipinski definition) is 1. The second-order valence-electron chi connectivity index (χ2n) is 8.60. The summed E-state index contributed by atoms with van der Waals surface area (Å²) in [5.41, 5.74) is 1.92. The summed E-state index contributed by atoms with van der Waals surface area (Å²) >= 11 is 12.4. The molecular weight excluding hydrogens is 509 g/mol. The maximum absolute atomic E-state index is 13.7. The Morgan fingerprint density at radius 3 is 2.17 bits per heavy atom. The topological polar surface area (TPSA) is 86.8 Å². The maximum Gasteiger partial charge on any atom is 0.244 e. The zero-order chi connectivity index (χ0) is 26.3. The van der Waals surface area contributed by atoms with Crippen LogP contribution in [0.2, 0.25) is 10.0 Å². The van der Waals surface area contributed by atoms with E-state index in [1.165, 1.54) is 4.90 Å². The zero-order valence-electron chi connectivity index (χ0n) is 20.7. The molecule has 0 aromatic heterocycles. The summed E-state index contributed by atoms with van der Waals surface area (Å²) in [7, 11) is -3.78. The highest BCUT2D eigenvalue weighted by Crippen LogP contribution is 2.25. The van der Waals surface area contributed by atoms with Gasteiger partial charge in [0.15, 0.2) is 0 Å². The minimum absolute atomic E-state index is 0.0206. The first kappa shape index (κ1) is 28.9. The van der Waals surface area contributed by atoms with Crippen LogP contribution >= 0.6 is 23.2 Å². The van der Waals surface area contributed by atoms with Crippen LogP contribution in [0.25, 0.3) is 0 Å². The molecule has 2 atom stereocenters. The Bertz CT molecular complexity index is 1140. The minimum atomic E-state index is -3.78. The van der Waals surface area contributed by atoms with Gasteiger partial charge in [0.05, 0.1) is 11.9 Å². The number of anilines is 1. The van der Waals surface area contributed by atoms with Crippen molar-refractivity contribution in [1.29, 1.82) is 0 Å². The van der Waals surface area contributed by atoms with E-state index in [0.717, 1.165) is 22.5 Å². The highest BCUT2D eigenvalue weighted by atomic mass is 35.5. The van der Waals surface area contributed by atoms with Gasteiger partial charge in [-0.15, -0.1) is 0 Å². The first-order chi connectivity index (χ1) is 16.4. The Morgan fingerprint density at radius 1 is 1.03 bits per heavy atom. The quantitative estimate of drug-likeness (QED) is 0.443. The summed E-state index contributed by atoms with van der Waals surface area (Å²) in [5.74, 6) is -0.824. The van der Waals surface area contributed by atoms with Crippen LogP contribution in [-0.2, 0) is 26.2 Å². The summed E-state index contributed by atoms with van der Waals surface area (Å²) in [4.78, 5) is 28.2. The number of carbonyl (C=O) groups is 2. The molecule has 0 aliphatic heterocycles. The molecule has 1 N–H and O–H groups in total. The number of carbonyl (C=O) groups excluding carboxylic acids is 2. The third-order valence-corrected chi connectivity index (χ3v) is 7.47. The van der Waals surface area contributed by atoms with Gasteiger partial charge >= 0.3 is 0 Å². The summed E-state index contributed by atoms with van der Waals surface area (Å²) in [6.45, 7) is 7.09. The molecule has 2 aromatic rings. The van der Waals surface area contributed by atoms with E-state index in [4.69, 9.17) is 23.2 Å². The summed E-state index contributed by atoms with van der Waals surface area (Å²) in [5, 5.41) is 3.73. The van der Waals surface area contributed by atoms with Crippen molar-refractivity contribution in [3.8, 4) is 0 Å². The number of sulfonamides is 1. The molecule has 0 fully saturated rings. The zero-order valence-corrected chi connectivity index (χ0v) is 23.0. The van der Waals surface area contributed by atoms with Gasteiger partial charge in [0.1, 0.15) is 12.6 Å². The molecule has 0 bridgehead atoms. The lowest BCUT2D eigenvalue weighted by molar-refractivity contribution is -0.140. The van der Waals surface area contributed by atoms with Gasteiger partial charge in [-0.05, 0) is 56.5 Å². The predicted octanol–water partition coefficient (Wildman–Crippen LogP) is 4.79. The average molecular weight is 543 g/mol. The van der Waals surface area contributed by atoms with Crippen molar-refractivity contribution in [2.24, 2.45) is 0 Å². The fourth-order valence-electron chi connectivity index (χ4n) is 3.52. The van der Waals surface area contributed by atoms with Crippen molar-refractivity contribution in [3.63, 3.8) is 0 Å². The van der Waals surface area contributed by atoms with Crippen LogP contribution in [0, 0.1) is 6.92 Å². The molecule has 0 unspecified atom stereocenters. The van der Waals surface area contributed by atoms with Gasteiger partial charge in [0.2, 0.25) is 21.8 Å². The molecule has 2 rings (SSSR count). The Kier molecular flexibility index (Phi) is 10.4. The van der Waals surface area contributed by atoms with Crippen molar-refractivity contribution in [1.82, 2.24) is 10.2 Å². The second-order valence-corrected chi connectivity index (χ2v) is 11.4. The average Bonchev–Trinajstić information content (AvgIpc) is 2.78. The van der Waals surface area contributed by atoms with Gasteiger partial charge in [-0.25, -0.2) is 8.42 Å². The molecule has 2 aromatic carbocycles. The van der Waals surface area contributed by atoms with Crippen molar-refractivity contribution in [3.05, 3.63) is 63.6 Å². The Hall–Kier alpha value is -2.29. The number of aryl methyl sites for hydroxylation is 1. The number of nitrogens with zero attached hydrogens (tertiary/aromatic N) is 2. The van der Waals surface area contributed by atoms with E-state index in [0.29, 0.717) is 27.7 Å². The smallest absolute Gasteiger partial charge is 0.244 e. The third-order valence-electron chi connectivity index (χ3n) is 5.74. The number of halogens is 2. The molecular formula is C25H33Cl2N3O4S. The van der Waals surface area contributed by atoms with Crippen LogP contribution in [0.4, 0.5) is 5.69 Å². The molecule has 192 valence electrons. The highest BCUT2D eigenvalue weighted by Gasteiger charge is 2.32. The van der Waals surface area contributed by atoms with Gasteiger partial charge in [0, 0.05) is 22.6 Å². The van der Waals surface area contributed by atoms with E-state index in [-0.39, 0.29) is 18.5 Å². The molecule has 35 heavy (non-hydrogen) atoms. The maximum atomic E-state index is 13.7. The van der Waals surface area contributed by atoms with E-state index in [1.807, 2.05) is 20.8 Å². The fourth-order valence-corrected chi connectivity index (χ4v) is 4.84. The summed E-state index contributed by atoms with van der Waals surface area (Å²) < 4.78 is 26.3. The number of amides is 2. The lowest BCUT2D eigenvalue weighted by atomic mass is 10.1. The highest BCUT2D eigenvalue weighted by molar-refractivity contribution is 7.92. The lowest BCUT2D eigenvalue weighted by Crippen LogP contribution is -2.53. The molecule has 0 heterocycles. The number of nitrogens with one attached hydrogen (secondary N) is 1. The predicted molar refractivity (Wildman–Crippen MR) is 142 cm³/mol. The molecule has 0 radical (unpaired) electrons. The second kappa shape index (κ2) is 12.6. The van der Waals surface area contributed by atoms with Crippen LogP contribution in [0.5, 0.6) is 0 Å². The number of rotatable bonds is 11. The molecule has 0 spiro atoms. The summed E-state index contributed by atoms with van der Waals surface area (Å²) in [6.07, 6.45) is 2.12. The van der Waals surface area contributed by atoms with Gasteiger partial charge in [-0.1, -0.05) is 60.8 Å². The lowest BCUT2D eigenvalue weighted by Gasteiger charge is -2.33. The largest absolute Gasteiger partial charge is 0.352 e. The van der Waals surface area contributed by atoms with Crippen LogP contribution < -0.4 is 9.62 Å². The van der Waals surface area contributed by atoms with Crippen molar-refractivity contribution in [2.45, 2.75) is 59.2 Å². The van der Waals surface area contributed by atoms with Gasteiger partial charge < -0.3 is 10.2 Å². The fraction of sp³-hybridized carbons (Fsp3) is 0.440. The van der Waals surface area contributed by atoms with E-state index in [9.17, 15) is 18.0 Å². The minimum Gasteiger partial charge on any atom is -0.352 e. The van der Waals surface area contributed by atoms with E-state index in [2.05, 4.69) is 5.32 Å². The first-order valence-corrected chi connectivity index (χ1v) is 14.1. The van der Waals surface area contributed by atoms with Crippen LogP contribution in [0.15, 0.2) is 42.5 Å². The molecule has 7 nitrogen and oxygen atoms in total. The van der Waals surface area contributed by atoms with Gasteiger partial charge in [-0.3, -0.25) is 13.9 Å². The Labute approximate surface area is 218 Å².